The van der Waals surface area contributed by atoms with Crippen molar-refractivity contribution in [2.45, 2.75) is 45.3 Å². The van der Waals surface area contributed by atoms with Crippen LogP contribution < -0.4 is 10.5 Å². The topological polar surface area (TPSA) is 127 Å². The normalized spacial score (nSPS) is 14.3. The van der Waals surface area contributed by atoms with Crippen molar-refractivity contribution in [3.05, 3.63) is 73.4 Å². The quantitative estimate of drug-likeness (QED) is 0.140. The standard InChI is InChI=1S/C32H38N6O5/c1-32(2,3)43-27(39)21-41-20-19-40-18-17-37-15-13-24(14-16-37)38-31-28(30(33)34-22-35-31)29(36-38)23-9-11-26(12-10-23)42-25-7-5-4-6-8-25/h4-12,17-18,22,24H,13-16,19-21H2,1-3H3,(H2,33,34,35)/b18-17+. The predicted molar refractivity (Wildman–Crippen MR) is 163 cm³/mol. The Morgan fingerprint density at radius 3 is 2.44 bits per heavy atom. The molecule has 0 bridgehead atoms. The van der Waals surface area contributed by atoms with E-state index in [1.54, 1.807) is 6.26 Å². The highest BCUT2D eigenvalue weighted by Crippen LogP contribution is 2.35. The molecule has 11 heteroatoms. The van der Waals surface area contributed by atoms with E-state index in [4.69, 9.17) is 29.8 Å². The molecule has 0 amide bonds. The number of rotatable bonds is 11. The van der Waals surface area contributed by atoms with Crippen molar-refractivity contribution in [2.24, 2.45) is 0 Å². The lowest BCUT2D eigenvalue weighted by Gasteiger charge is -2.31. The minimum atomic E-state index is -0.522. The third-order valence-electron chi connectivity index (χ3n) is 6.82. The van der Waals surface area contributed by atoms with Gasteiger partial charge in [-0.25, -0.2) is 19.4 Å². The fourth-order valence-corrected chi connectivity index (χ4v) is 4.87. The fourth-order valence-electron chi connectivity index (χ4n) is 4.87. The SMILES string of the molecule is CC(C)(C)OC(=O)COCCO/C=C/N1CCC(n2nc(-c3ccc(Oc4ccccc4)cc3)c3c(N)ncnc32)CC1. The monoisotopic (exact) mass is 586 g/mol. The number of ether oxygens (including phenoxy) is 4. The zero-order valence-corrected chi connectivity index (χ0v) is 24.8. The molecular weight excluding hydrogens is 548 g/mol. The Balaban J connectivity index is 1.16. The molecule has 5 rings (SSSR count). The number of hydrogen-bond acceptors (Lipinski definition) is 10. The molecule has 1 aliphatic rings. The van der Waals surface area contributed by atoms with Crippen LogP contribution in [0.5, 0.6) is 11.5 Å². The molecule has 3 heterocycles. The maximum Gasteiger partial charge on any atom is 0.332 e. The van der Waals surface area contributed by atoms with Crippen molar-refractivity contribution in [3.8, 4) is 22.8 Å². The van der Waals surface area contributed by atoms with Gasteiger partial charge in [-0.05, 0) is 70.0 Å². The van der Waals surface area contributed by atoms with E-state index >= 15 is 0 Å². The summed E-state index contributed by atoms with van der Waals surface area (Å²) in [5.74, 6) is 1.53. The Kier molecular flexibility index (Phi) is 9.41. The van der Waals surface area contributed by atoms with Crippen LogP contribution in [0.25, 0.3) is 22.3 Å². The lowest BCUT2D eigenvalue weighted by atomic mass is 10.1. The summed E-state index contributed by atoms with van der Waals surface area (Å²) in [5.41, 5.74) is 8.22. The maximum absolute atomic E-state index is 11.7. The average Bonchev–Trinajstić information content (AvgIpc) is 3.38. The van der Waals surface area contributed by atoms with Gasteiger partial charge in [0, 0.05) is 24.9 Å². The van der Waals surface area contributed by atoms with Crippen LogP contribution in [0.4, 0.5) is 5.82 Å². The molecule has 0 saturated carbocycles. The van der Waals surface area contributed by atoms with E-state index in [0.717, 1.165) is 59.7 Å². The van der Waals surface area contributed by atoms with Gasteiger partial charge in [-0.2, -0.15) is 5.10 Å². The van der Waals surface area contributed by atoms with E-state index in [0.29, 0.717) is 19.0 Å². The van der Waals surface area contributed by atoms with E-state index in [2.05, 4.69) is 14.9 Å². The highest BCUT2D eigenvalue weighted by atomic mass is 16.6. The second-order valence-corrected chi connectivity index (χ2v) is 11.3. The molecule has 1 fully saturated rings. The number of carbonyl (C=O) groups excluding carboxylic acids is 1. The van der Waals surface area contributed by atoms with E-state index in [1.165, 1.54) is 6.33 Å². The second-order valence-electron chi connectivity index (χ2n) is 11.3. The number of likely N-dealkylation sites (tertiary alicyclic amines) is 1. The molecule has 2 aromatic heterocycles. The number of nitrogens with zero attached hydrogens (tertiary/aromatic N) is 5. The van der Waals surface area contributed by atoms with Crippen LogP contribution in [0.2, 0.25) is 0 Å². The molecule has 0 aliphatic carbocycles. The number of piperidine rings is 1. The first kappa shape index (κ1) is 29.8. The van der Waals surface area contributed by atoms with Crippen LogP contribution in [0.15, 0.2) is 73.4 Å². The number of fused-ring (bicyclic) bond motifs is 1. The van der Waals surface area contributed by atoms with Crippen LogP contribution in [0, 0.1) is 0 Å². The Morgan fingerprint density at radius 1 is 1.00 bits per heavy atom. The van der Waals surface area contributed by atoms with Gasteiger partial charge in [-0.1, -0.05) is 18.2 Å². The summed E-state index contributed by atoms with van der Waals surface area (Å²) in [6.45, 7) is 7.69. The van der Waals surface area contributed by atoms with Gasteiger partial charge >= 0.3 is 5.97 Å². The average molecular weight is 587 g/mol. The summed E-state index contributed by atoms with van der Waals surface area (Å²) in [6.07, 6.45) is 6.86. The third kappa shape index (κ3) is 8.01. The Hall–Kier alpha value is -4.64. The lowest BCUT2D eigenvalue weighted by Crippen LogP contribution is -2.31. The molecular formula is C32H38N6O5. The van der Waals surface area contributed by atoms with Gasteiger partial charge in [0.2, 0.25) is 0 Å². The number of esters is 1. The number of hydrogen-bond donors (Lipinski definition) is 1. The third-order valence-corrected chi connectivity index (χ3v) is 6.82. The fraction of sp³-hybridized carbons (Fsp3) is 0.375. The molecule has 0 unspecified atom stereocenters. The number of benzene rings is 2. The molecule has 0 atom stereocenters. The molecule has 2 N–H and O–H groups in total. The molecule has 11 nitrogen and oxygen atoms in total. The van der Waals surface area contributed by atoms with Gasteiger partial charge < -0.3 is 29.6 Å². The first-order valence-electron chi connectivity index (χ1n) is 14.4. The van der Waals surface area contributed by atoms with Crippen molar-refractivity contribution in [1.82, 2.24) is 24.6 Å². The first-order valence-corrected chi connectivity index (χ1v) is 14.4. The molecule has 226 valence electrons. The van der Waals surface area contributed by atoms with E-state index in [9.17, 15) is 4.79 Å². The van der Waals surface area contributed by atoms with Crippen LogP contribution in [-0.4, -0.2) is 69.1 Å². The molecule has 1 saturated heterocycles. The minimum absolute atomic E-state index is 0.0910. The number of aromatic nitrogens is 4. The molecule has 2 aromatic carbocycles. The van der Waals surface area contributed by atoms with Crippen molar-refractivity contribution in [3.63, 3.8) is 0 Å². The molecule has 0 spiro atoms. The van der Waals surface area contributed by atoms with Crippen LogP contribution >= 0.6 is 0 Å². The molecule has 4 aromatic rings. The smallest absolute Gasteiger partial charge is 0.332 e. The first-order chi connectivity index (χ1) is 20.8. The number of para-hydroxylation sites is 1. The van der Waals surface area contributed by atoms with Crippen LogP contribution in [-0.2, 0) is 19.0 Å². The second kappa shape index (κ2) is 13.6. The number of nitrogen functional groups attached to an aromatic ring is 1. The van der Waals surface area contributed by atoms with Crippen LogP contribution in [0.1, 0.15) is 39.7 Å². The summed E-state index contributed by atoms with van der Waals surface area (Å²) < 4.78 is 24.0. The van der Waals surface area contributed by atoms with Crippen LogP contribution in [0.3, 0.4) is 0 Å². The summed E-state index contributed by atoms with van der Waals surface area (Å²) >= 11 is 0. The number of anilines is 1. The molecule has 43 heavy (non-hydrogen) atoms. The lowest BCUT2D eigenvalue weighted by molar-refractivity contribution is -0.160. The van der Waals surface area contributed by atoms with E-state index in [1.807, 2.05) is 86.3 Å². The molecule has 1 aliphatic heterocycles. The zero-order valence-electron chi connectivity index (χ0n) is 24.8. The Bertz CT molecular complexity index is 1520. The maximum atomic E-state index is 11.7. The number of carbonyl (C=O) groups is 1. The van der Waals surface area contributed by atoms with Crippen molar-refractivity contribution < 1.29 is 23.7 Å². The summed E-state index contributed by atoms with van der Waals surface area (Å²) in [5, 5.41) is 5.76. The molecule has 0 radical (unpaired) electrons. The summed E-state index contributed by atoms with van der Waals surface area (Å²) in [4.78, 5) is 22.7. The van der Waals surface area contributed by atoms with Gasteiger partial charge in [0.05, 0.1) is 24.3 Å². The minimum Gasteiger partial charge on any atom is -0.497 e. The summed E-state index contributed by atoms with van der Waals surface area (Å²) in [7, 11) is 0. The van der Waals surface area contributed by atoms with Crippen molar-refractivity contribution in [2.75, 3.05) is 38.6 Å². The highest BCUT2D eigenvalue weighted by molar-refractivity contribution is 5.98. The Labute approximate surface area is 251 Å². The van der Waals surface area contributed by atoms with Gasteiger partial charge in [0.25, 0.3) is 0 Å². The van der Waals surface area contributed by atoms with Gasteiger partial charge in [0.15, 0.2) is 5.65 Å². The van der Waals surface area contributed by atoms with Gasteiger partial charge in [0.1, 0.15) is 48.2 Å². The highest BCUT2D eigenvalue weighted by Gasteiger charge is 2.25. The Morgan fingerprint density at radius 2 is 1.72 bits per heavy atom. The van der Waals surface area contributed by atoms with E-state index in [-0.39, 0.29) is 18.6 Å². The summed E-state index contributed by atoms with van der Waals surface area (Å²) in [6, 6.07) is 17.6. The van der Waals surface area contributed by atoms with Gasteiger partial charge in [-0.15, -0.1) is 0 Å². The van der Waals surface area contributed by atoms with E-state index < -0.39 is 5.60 Å². The van der Waals surface area contributed by atoms with Crippen molar-refractivity contribution in [1.29, 1.82) is 0 Å². The van der Waals surface area contributed by atoms with Gasteiger partial charge in [-0.3, -0.25) is 0 Å². The predicted octanol–water partition coefficient (Wildman–Crippen LogP) is 5.35. The largest absolute Gasteiger partial charge is 0.497 e. The van der Waals surface area contributed by atoms with Crippen molar-refractivity contribution >= 4 is 22.8 Å². The zero-order chi connectivity index (χ0) is 30.2. The number of nitrogens with two attached hydrogens (primary N) is 1.